The lowest BCUT2D eigenvalue weighted by molar-refractivity contribution is 0.0530. The highest BCUT2D eigenvalue weighted by atomic mass is 32.1. The van der Waals surface area contributed by atoms with Crippen LogP contribution in [0.5, 0.6) is 5.88 Å². The van der Waals surface area contributed by atoms with E-state index in [2.05, 4.69) is 15.0 Å². The molecule has 0 bridgehead atoms. The third kappa shape index (κ3) is 2.87. The number of carbonyl (C=O) groups is 1. The summed E-state index contributed by atoms with van der Waals surface area (Å²) < 4.78 is 4.99. The van der Waals surface area contributed by atoms with Crippen LogP contribution in [0, 0.1) is 0 Å². The second-order valence-electron chi connectivity index (χ2n) is 3.63. The van der Waals surface area contributed by atoms with E-state index in [0.717, 1.165) is 0 Å². The summed E-state index contributed by atoms with van der Waals surface area (Å²) in [6.07, 6.45) is 1.88. The number of aromatic hydroxyl groups is 1. The van der Waals surface area contributed by atoms with E-state index in [4.69, 9.17) is 4.74 Å². The Morgan fingerprint density at radius 1 is 1.42 bits per heavy atom. The number of nitrogens with zero attached hydrogens (tertiary/aromatic N) is 3. The first-order chi connectivity index (χ1) is 9.15. The van der Waals surface area contributed by atoms with Crippen molar-refractivity contribution in [3.63, 3.8) is 0 Å². The first-order valence-electron chi connectivity index (χ1n) is 5.83. The van der Waals surface area contributed by atoms with E-state index in [-0.39, 0.29) is 11.8 Å². The van der Waals surface area contributed by atoms with E-state index in [1.54, 1.807) is 6.92 Å². The fourth-order valence-corrected chi connectivity index (χ4v) is 2.54. The smallest absolute Gasteiger partial charge is 0.350 e. The van der Waals surface area contributed by atoms with Crippen molar-refractivity contribution in [2.45, 2.75) is 20.3 Å². The van der Waals surface area contributed by atoms with Gasteiger partial charge in [-0.15, -0.1) is 11.3 Å². The maximum Gasteiger partial charge on any atom is 0.350 e. The lowest BCUT2D eigenvalue weighted by Crippen LogP contribution is -2.05. The topological polar surface area (TPSA) is 85.2 Å². The fraction of sp³-hybridized carbons (Fsp3) is 0.333. The minimum Gasteiger partial charge on any atom is -0.493 e. The van der Waals surface area contributed by atoms with Crippen LogP contribution in [0.15, 0.2) is 12.4 Å². The van der Waals surface area contributed by atoms with Crippen molar-refractivity contribution in [1.82, 2.24) is 15.0 Å². The summed E-state index contributed by atoms with van der Waals surface area (Å²) in [7, 11) is 0. The van der Waals surface area contributed by atoms with Gasteiger partial charge in [-0.1, -0.05) is 6.92 Å². The van der Waals surface area contributed by atoms with Crippen LogP contribution in [0.25, 0.3) is 10.7 Å². The van der Waals surface area contributed by atoms with Gasteiger partial charge in [0.2, 0.25) is 5.88 Å². The molecule has 0 unspecified atom stereocenters. The third-order valence-electron chi connectivity index (χ3n) is 2.36. The second-order valence-corrected chi connectivity index (χ2v) is 4.63. The summed E-state index contributed by atoms with van der Waals surface area (Å²) >= 11 is 1.21. The van der Waals surface area contributed by atoms with Crippen LogP contribution in [0.1, 0.15) is 29.2 Å². The monoisotopic (exact) mass is 279 g/mol. The SMILES string of the molecule is CCOC(=O)c1sc(-c2cc(O)ncn2)nc1CC. The Morgan fingerprint density at radius 2 is 2.21 bits per heavy atom. The van der Waals surface area contributed by atoms with Gasteiger partial charge in [0, 0.05) is 6.07 Å². The van der Waals surface area contributed by atoms with Crippen LogP contribution in [0.3, 0.4) is 0 Å². The Hall–Kier alpha value is -2.02. The van der Waals surface area contributed by atoms with E-state index in [1.165, 1.54) is 23.7 Å². The van der Waals surface area contributed by atoms with Crippen LogP contribution < -0.4 is 0 Å². The molecule has 0 amide bonds. The van der Waals surface area contributed by atoms with Crippen molar-refractivity contribution in [1.29, 1.82) is 0 Å². The molecule has 0 spiro atoms. The molecule has 0 radical (unpaired) electrons. The first kappa shape index (κ1) is 13.4. The molecule has 2 aromatic heterocycles. The Balaban J connectivity index is 2.41. The van der Waals surface area contributed by atoms with E-state index >= 15 is 0 Å². The van der Waals surface area contributed by atoms with Crippen molar-refractivity contribution in [3.05, 3.63) is 23.0 Å². The van der Waals surface area contributed by atoms with Gasteiger partial charge in [-0.3, -0.25) is 0 Å². The van der Waals surface area contributed by atoms with Crippen LogP contribution >= 0.6 is 11.3 Å². The summed E-state index contributed by atoms with van der Waals surface area (Å²) in [6.45, 7) is 4.00. The first-order valence-corrected chi connectivity index (χ1v) is 6.65. The van der Waals surface area contributed by atoms with E-state index in [1.807, 2.05) is 6.92 Å². The lowest BCUT2D eigenvalue weighted by atomic mass is 10.3. The van der Waals surface area contributed by atoms with Crippen molar-refractivity contribution in [2.24, 2.45) is 0 Å². The highest BCUT2D eigenvalue weighted by Crippen LogP contribution is 2.28. The van der Waals surface area contributed by atoms with Crippen LogP contribution in [-0.2, 0) is 11.2 Å². The molecule has 0 fully saturated rings. The van der Waals surface area contributed by atoms with Gasteiger partial charge in [-0.25, -0.2) is 19.7 Å². The van der Waals surface area contributed by atoms with Crippen molar-refractivity contribution in [3.8, 4) is 16.6 Å². The Morgan fingerprint density at radius 3 is 2.84 bits per heavy atom. The van der Waals surface area contributed by atoms with Crippen LogP contribution in [0.4, 0.5) is 0 Å². The molecule has 2 rings (SSSR count). The molecule has 7 heteroatoms. The van der Waals surface area contributed by atoms with Crippen molar-refractivity contribution < 1.29 is 14.6 Å². The molecule has 0 saturated carbocycles. The van der Waals surface area contributed by atoms with Gasteiger partial charge >= 0.3 is 5.97 Å². The molecule has 0 aliphatic rings. The van der Waals surface area contributed by atoms with Crippen LogP contribution in [0.2, 0.25) is 0 Å². The standard InChI is InChI=1S/C12H13N3O3S/c1-3-7-10(12(17)18-4-2)19-11(15-7)8-5-9(16)14-6-13-8/h5-6H,3-4H2,1-2H3,(H,13,14,16). The van der Waals surface area contributed by atoms with Crippen LogP contribution in [-0.4, -0.2) is 32.6 Å². The van der Waals surface area contributed by atoms with Gasteiger partial charge in [0.1, 0.15) is 21.9 Å². The molecule has 2 heterocycles. The van der Waals surface area contributed by atoms with Gasteiger partial charge in [0.25, 0.3) is 0 Å². The number of esters is 1. The van der Waals surface area contributed by atoms with Gasteiger partial charge in [0.05, 0.1) is 12.3 Å². The summed E-state index contributed by atoms with van der Waals surface area (Å²) in [5.74, 6) is -0.502. The van der Waals surface area contributed by atoms with Crippen molar-refractivity contribution >= 4 is 17.3 Å². The largest absolute Gasteiger partial charge is 0.493 e. The molecule has 0 saturated heterocycles. The zero-order valence-electron chi connectivity index (χ0n) is 10.6. The average molecular weight is 279 g/mol. The maximum absolute atomic E-state index is 11.8. The zero-order chi connectivity index (χ0) is 13.8. The number of aromatic nitrogens is 3. The molecule has 0 aromatic carbocycles. The summed E-state index contributed by atoms with van der Waals surface area (Å²) in [6, 6.07) is 1.41. The van der Waals surface area contributed by atoms with E-state index in [0.29, 0.717) is 34.3 Å². The number of hydrogen-bond acceptors (Lipinski definition) is 7. The molecular weight excluding hydrogens is 266 g/mol. The fourth-order valence-electron chi connectivity index (χ4n) is 1.52. The third-order valence-corrected chi connectivity index (χ3v) is 3.47. The van der Waals surface area contributed by atoms with Gasteiger partial charge < -0.3 is 9.84 Å². The molecular formula is C12H13N3O3S. The van der Waals surface area contributed by atoms with E-state index in [9.17, 15) is 9.90 Å². The normalized spacial score (nSPS) is 10.4. The summed E-state index contributed by atoms with van der Waals surface area (Å²) in [5, 5.41) is 9.90. The number of carbonyl (C=O) groups excluding carboxylic acids is 1. The molecule has 0 atom stereocenters. The van der Waals surface area contributed by atoms with E-state index < -0.39 is 0 Å². The quantitative estimate of drug-likeness (QED) is 0.862. The van der Waals surface area contributed by atoms with Crippen molar-refractivity contribution in [2.75, 3.05) is 6.61 Å². The van der Waals surface area contributed by atoms with Gasteiger partial charge in [-0.2, -0.15) is 0 Å². The number of hydrogen-bond donors (Lipinski definition) is 1. The molecule has 0 aliphatic heterocycles. The molecule has 6 nitrogen and oxygen atoms in total. The molecule has 2 aromatic rings. The predicted octanol–water partition coefficient (Wildman–Crippen LogP) is 2.04. The maximum atomic E-state index is 11.8. The number of aryl methyl sites for hydroxylation is 1. The molecule has 1 N–H and O–H groups in total. The predicted molar refractivity (Wildman–Crippen MR) is 70.1 cm³/mol. The van der Waals surface area contributed by atoms with Gasteiger partial charge in [-0.05, 0) is 13.3 Å². The number of thiazole rings is 1. The highest BCUT2D eigenvalue weighted by molar-refractivity contribution is 7.17. The minimum atomic E-state index is -0.374. The Kier molecular flexibility index (Phi) is 4.06. The number of rotatable bonds is 4. The Labute approximate surface area is 114 Å². The summed E-state index contributed by atoms with van der Waals surface area (Å²) in [4.78, 5) is 24.3. The molecule has 100 valence electrons. The second kappa shape index (κ2) is 5.75. The zero-order valence-corrected chi connectivity index (χ0v) is 11.4. The highest BCUT2D eigenvalue weighted by Gasteiger charge is 2.19. The Bertz CT molecular complexity index is 598. The average Bonchev–Trinajstić information content (AvgIpc) is 2.83. The molecule has 0 aliphatic carbocycles. The molecule has 19 heavy (non-hydrogen) atoms. The number of ether oxygens (including phenoxy) is 1. The summed E-state index contributed by atoms with van der Waals surface area (Å²) in [5.41, 5.74) is 1.17. The minimum absolute atomic E-state index is 0.129. The van der Waals surface area contributed by atoms with Gasteiger partial charge in [0.15, 0.2) is 0 Å². The lowest BCUT2D eigenvalue weighted by Gasteiger charge is -1.99.